The summed E-state index contributed by atoms with van der Waals surface area (Å²) in [6.07, 6.45) is 0. The fraction of sp³-hybridized carbons (Fsp3) is 0.667. The number of aryl methyl sites for hydroxylation is 1. The normalized spacial score (nSPS) is 10.9. The molecule has 0 spiro atoms. The van der Waals surface area contributed by atoms with Crippen LogP contribution < -0.4 is 5.73 Å². The highest BCUT2D eigenvalue weighted by atomic mass is 16.5. The molecule has 0 fully saturated rings. The van der Waals surface area contributed by atoms with Gasteiger partial charge >= 0.3 is 0 Å². The molecule has 0 aliphatic heterocycles. The number of nitrogens with two attached hydrogens (primary N) is 1. The number of nitrogen functional groups attached to an aromatic ring is 1. The van der Waals surface area contributed by atoms with E-state index in [1.54, 1.807) is 18.9 Å². The second kappa shape index (κ2) is 6.39. The van der Waals surface area contributed by atoms with Crippen molar-refractivity contribution in [1.82, 2.24) is 15.1 Å². The van der Waals surface area contributed by atoms with Crippen LogP contribution in [0.15, 0.2) is 0 Å². The molecule has 0 saturated heterocycles. The van der Waals surface area contributed by atoms with Gasteiger partial charge in [0.25, 0.3) is 5.91 Å². The average Bonchev–Trinajstić information content (AvgIpc) is 2.63. The molecular weight excluding hydrogens is 232 g/mol. The molecule has 1 aromatic rings. The molecule has 1 heterocycles. The van der Waals surface area contributed by atoms with E-state index in [2.05, 4.69) is 24.0 Å². The van der Waals surface area contributed by atoms with E-state index in [0.717, 1.165) is 0 Å². The van der Waals surface area contributed by atoms with Crippen molar-refractivity contribution in [3.63, 3.8) is 0 Å². The average molecular weight is 254 g/mol. The van der Waals surface area contributed by atoms with Gasteiger partial charge in [-0.15, -0.1) is 0 Å². The maximum absolute atomic E-state index is 12.4. The van der Waals surface area contributed by atoms with Crippen LogP contribution in [0, 0.1) is 12.8 Å². The van der Waals surface area contributed by atoms with Crippen LogP contribution in [0.1, 0.15) is 29.9 Å². The molecular formula is C12H22N4O2. The number of anilines is 1. The standard InChI is InChI=1S/C12H22N4O2/c1-8(2)7-16(5-6-18-4)12(17)10-9(3)14-15-11(10)13/h8H,5-7H2,1-4H3,(H3,13,14,15). The van der Waals surface area contributed by atoms with E-state index in [9.17, 15) is 4.79 Å². The lowest BCUT2D eigenvalue weighted by molar-refractivity contribution is 0.0672. The van der Waals surface area contributed by atoms with E-state index in [1.165, 1.54) is 0 Å². The summed E-state index contributed by atoms with van der Waals surface area (Å²) in [4.78, 5) is 14.2. The van der Waals surface area contributed by atoms with Crippen molar-refractivity contribution >= 4 is 11.7 Å². The van der Waals surface area contributed by atoms with Crippen molar-refractivity contribution in [2.24, 2.45) is 5.92 Å². The number of aromatic amines is 1. The zero-order chi connectivity index (χ0) is 13.7. The van der Waals surface area contributed by atoms with Gasteiger partial charge < -0.3 is 15.4 Å². The SMILES string of the molecule is COCCN(CC(C)C)C(=O)c1c(N)n[nH]c1C. The molecule has 0 bridgehead atoms. The minimum Gasteiger partial charge on any atom is -0.383 e. The van der Waals surface area contributed by atoms with Crippen LogP contribution in [0.2, 0.25) is 0 Å². The number of hydrogen-bond acceptors (Lipinski definition) is 4. The Labute approximate surface area is 107 Å². The van der Waals surface area contributed by atoms with Gasteiger partial charge in [-0.1, -0.05) is 13.8 Å². The van der Waals surface area contributed by atoms with Gasteiger partial charge in [-0.05, 0) is 12.8 Å². The maximum atomic E-state index is 12.4. The molecule has 0 radical (unpaired) electrons. The van der Waals surface area contributed by atoms with Gasteiger partial charge in [0.15, 0.2) is 5.82 Å². The first kappa shape index (κ1) is 14.5. The predicted octanol–water partition coefficient (Wildman–Crippen LogP) is 1.04. The lowest BCUT2D eigenvalue weighted by atomic mass is 10.1. The molecule has 3 N–H and O–H groups in total. The maximum Gasteiger partial charge on any atom is 0.259 e. The Hall–Kier alpha value is -1.56. The van der Waals surface area contributed by atoms with Gasteiger partial charge in [0, 0.05) is 25.9 Å². The Bertz CT molecular complexity index is 381. The largest absolute Gasteiger partial charge is 0.383 e. The number of rotatable bonds is 6. The number of nitrogens with zero attached hydrogens (tertiary/aromatic N) is 2. The number of amides is 1. The summed E-state index contributed by atoms with van der Waals surface area (Å²) in [6.45, 7) is 7.66. The Morgan fingerprint density at radius 1 is 1.56 bits per heavy atom. The summed E-state index contributed by atoms with van der Waals surface area (Å²) in [5.74, 6) is 0.549. The minimum absolute atomic E-state index is 0.0931. The number of ether oxygens (including phenoxy) is 1. The predicted molar refractivity (Wildman–Crippen MR) is 70.4 cm³/mol. The van der Waals surface area contributed by atoms with E-state index >= 15 is 0 Å². The van der Waals surface area contributed by atoms with E-state index < -0.39 is 0 Å². The van der Waals surface area contributed by atoms with Crippen molar-refractivity contribution in [3.8, 4) is 0 Å². The van der Waals surface area contributed by atoms with Crippen LogP contribution in [-0.2, 0) is 4.74 Å². The van der Waals surface area contributed by atoms with Crippen LogP contribution >= 0.6 is 0 Å². The summed E-state index contributed by atoms with van der Waals surface area (Å²) in [5, 5.41) is 6.58. The van der Waals surface area contributed by atoms with Crippen molar-refractivity contribution < 1.29 is 9.53 Å². The third-order valence-electron chi connectivity index (χ3n) is 2.63. The van der Waals surface area contributed by atoms with Crippen LogP contribution in [0.4, 0.5) is 5.82 Å². The Balaban J connectivity index is 2.87. The first-order valence-electron chi connectivity index (χ1n) is 6.06. The summed E-state index contributed by atoms with van der Waals surface area (Å²) < 4.78 is 5.03. The van der Waals surface area contributed by atoms with Crippen LogP contribution in [-0.4, -0.2) is 47.8 Å². The second-order valence-corrected chi connectivity index (χ2v) is 4.75. The van der Waals surface area contributed by atoms with Gasteiger partial charge in [-0.2, -0.15) is 5.10 Å². The molecule has 18 heavy (non-hydrogen) atoms. The highest BCUT2D eigenvalue weighted by Crippen LogP contribution is 2.16. The van der Waals surface area contributed by atoms with E-state index in [4.69, 9.17) is 10.5 Å². The molecule has 6 nitrogen and oxygen atoms in total. The number of nitrogens with one attached hydrogen (secondary N) is 1. The van der Waals surface area contributed by atoms with Crippen molar-refractivity contribution in [1.29, 1.82) is 0 Å². The first-order valence-corrected chi connectivity index (χ1v) is 6.06. The number of carbonyl (C=O) groups is 1. The third kappa shape index (κ3) is 3.46. The van der Waals surface area contributed by atoms with Gasteiger partial charge in [0.1, 0.15) is 5.56 Å². The number of hydrogen-bond donors (Lipinski definition) is 2. The molecule has 0 saturated carbocycles. The highest BCUT2D eigenvalue weighted by Gasteiger charge is 2.22. The molecule has 1 aromatic heterocycles. The first-order chi connectivity index (χ1) is 8.47. The van der Waals surface area contributed by atoms with Crippen LogP contribution in [0.3, 0.4) is 0 Å². The molecule has 6 heteroatoms. The molecule has 102 valence electrons. The van der Waals surface area contributed by atoms with Gasteiger partial charge in [-0.25, -0.2) is 0 Å². The molecule has 0 atom stereocenters. The van der Waals surface area contributed by atoms with Gasteiger partial charge in [0.05, 0.1) is 6.61 Å². The zero-order valence-corrected chi connectivity index (χ0v) is 11.5. The van der Waals surface area contributed by atoms with Gasteiger partial charge in [-0.3, -0.25) is 9.89 Å². The minimum atomic E-state index is -0.0931. The molecule has 1 rings (SSSR count). The van der Waals surface area contributed by atoms with Crippen molar-refractivity contribution in [2.75, 3.05) is 32.5 Å². The van der Waals surface area contributed by atoms with Crippen LogP contribution in [0.5, 0.6) is 0 Å². The van der Waals surface area contributed by atoms with Crippen LogP contribution in [0.25, 0.3) is 0 Å². The molecule has 1 amide bonds. The fourth-order valence-electron chi connectivity index (χ4n) is 1.79. The van der Waals surface area contributed by atoms with E-state index in [-0.39, 0.29) is 11.7 Å². The summed E-state index contributed by atoms with van der Waals surface area (Å²) in [6, 6.07) is 0. The third-order valence-corrected chi connectivity index (χ3v) is 2.63. The lowest BCUT2D eigenvalue weighted by Crippen LogP contribution is -2.37. The Kier molecular flexibility index (Phi) is 5.15. The molecule has 0 unspecified atom stereocenters. The summed E-state index contributed by atoms with van der Waals surface area (Å²) in [5.41, 5.74) is 6.88. The summed E-state index contributed by atoms with van der Waals surface area (Å²) in [7, 11) is 1.62. The molecule has 0 aliphatic carbocycles. The molecule has 0 aliphatic rings. The number of carbonyl (C=O) groups excluding carboxylic acids is 1. The number of H-pyrrole nitrogens is 1. The quantitative estimate of drug-likeness (QED) is 0.794. The van der Waals surface area contributed by atoms with E-state index in [0.29, 0.717) is 36.9 Å². The molecule has 0 aromatic carbocycles. The Morgan fingerprint density at radius 2 is 2.22 bits per heavy atom. The lowest BCUT2D eigenvalue weighted by Gasteiger charge is -2.24. The summed E-state index contributed by atoms with van der Waals surface area (Å²) >= 11 is 0. The number of methoxy groups -OCH3 is 1. The van der Waals surface area contributed by atoms with Gasteiger partial charge in [0.2, 0.25) is 0 Å². The van der Waals surface area contributed by atoms with Crippen molar-refractivity contribution in [3.05, 3.63) is 11.3 Å². The zero-order valence-electron chi connectivity index (χ0n) is 11.5. The highest BCUT2D eigenvalue weighted by molar-refractivity contribution is 5.99. The Morgan fingerprint density at radius 3 is 2.67 bits per heavy atom. The van der Waals surface area contributed by atoms with E-state index in [1.807, 2.05) is 0 Å². The number of aromatic nitrogens is 2. The van der Waals surface area contributed by atoms with Crippen molar-refractivity contribution in [2.45, 2.75) is 20.8 Å². The topological polar surface area (TPSA) is 84.2 Å². The smallest absolute Gasteiger partial charge is 0.259 e. The second-order valence-electron chi connectivity index (χ2n) is 4.75. The fourth-order valence-corrected chi connectivity index (χ4v) is 1.79. The monoisotopic (exact) mass is 254 g/mol.